The van der Waals surface area contributed by atoms with Crippen molar-refractivity contribution in [3.63, 3.8) is 0 Å². The van der Waals surface area contributed by atoms with E-state index in [-0.39, 0.29) is 17.3 Å². The highest BCUT2D eigenvalue weighted by molar-refractivity contribution is 6.07. The van der Waals surface area contributed by atoms with E-state index in [0.29, 0.717) is 17.1 Å². The van der Waals surface area contributed by atoms with Crippen molar-refractivity contribution in [3.05, 3.63) is 59.9 Å². The highest BCUT2D eigenvalue weighted by Gasteiger charge is 2.10. The van der Waals surface area contributed by atoms with Crippen molar-refractivity contribution in [3.8, 4) is 17.2 Å². The van der Waals surface area contributed by atoms with Gasteiger partial charge in [0, 0.05) is 11.5 Å². The molecule has 3 rings (SSSR count). The number of fused-ring (bicyclic) bond motifs is 1. The van der Waals surface area contributed by atoms with Crippen LogP contribution in [0.4, 0.5) is 0 Å². The van der Waals surface area contributed by atoms with E-state index < -0.39 is 0 Å². The maximum atomic E-state index is 12.3. The van der Waals surface area contributed by atoms with Crippen LogP contribution < -0.4 is 9.47 Å². The van der Waals surface area contributed by atoms with Gasteiger partial charge in [0.25, 0.3) is 0 Å². The number of carbonyl (C=O) groups excluding carboxylic acids is 1. The molecular weight excluding hydrogens is 308 g/mol. The molecule has 24 heavy (non-hydrogen) atoms. The average Bonchev–Trinajstić information content (AvgIpc) is 3.03. The van der Waals surface area contributed by atoms with Crippen molar-refractivity contribution >= 4 is 22.8 Å². The van der Waals surface area contributed by atoms with Crippen molar-refractivity contribution < 1.29 is 23.8 Å². The number of carbonyl (C=O) groups is 1. The highest BCUT2D eigenvalue weighted by atomic mass is 16.5. The summed E-state index contributed by atoms with van der Waals surface area (Å²) in [6.45, 7) is 0. The summed E-state index contributed by atoms with van der Waals surface area (Å²) in [5, 5.41) is 10.4. The molecule has 5 nitrogen and oxygen atoms in total. The summed E-state index contributed by atoms with van der Waals surface area (Å²) in [4.78, 5) is 12.3. The van der Waals surface area contributed by atoms with Gasteiger partial charge >= 0.3 is 0 Å². The summed E-state index contributed by atoms with van der Waals surface area (Å²) < 4.78 is 15.8. The first-order valence-electron chi connectivity index (χ1n) is 7.27. The number of furan rings is 1. The number of rotatable bonds is 5. The molecule has 0 saturated carbocycles. The molecule has 1 N–H and O–H groups in total. The Morgan fingerprint density at radius 1 is 1.08 bits per heavy atom. The van der Waals surface area contributed by atoms with Crippen LogP contribution in [0.25, 0.3) is 17.0 Å². The lowest BCUT2D eigenvalue weighted by Crippen LogP contribution is -1.90. The van der Waals surface area contributed by atoms with Gasteiger partial charge in [0.2, 0.25) is 5.78 Å². The number of hydrogen-bond acceptors (Lipinski definition) is 5. The van der Waals surface area contributed by atoms with Crippen molar-refractivity contribution in [1.29, 1.82) is 0 Å². The van der Waals surface area contributed by atoms with Crippen LogP contribution in [0, 0.1) is 0 Å². The first kappa shape index (κ1) is 15.7. The van der Waals surface area contributed by atoms with E-state index >= 15 is 0 Å². The number of phenolic OH excluding ortho intramolecular Hbond substituents is 1. The van der Waals surface area contributed by atoms with Crippen LogP contribution in [-0.4, -0.2) is 25.1 Å². The molecule has 5 heteroatoms. The van der Waals surface area contributed by atoms with Crippen LogP contribution >= 0.6 is 0 Å². The lowest BCUT2D eigenvalue weighted by atomic mass is 10.1. The van der Waals surface area contributed by atoms with E-state index in [4.69, 9.17) is 13.9 Å². The number of methoxy groups -OCH3 is 2. The summed E-state index contributed by atoms with van der Waals surface area (Å²) in [6, 6.07) is 11.9. The molecule has 0 atom stereocenters. The van der Waals surface area contributed by atoms with Crippen LogP contribution in [0.2, 0.25) is 0 Å². The minimum absolute atomic E-state index is 0.0483. The zero-order valence-electron chi connectivity index (χ0n) is 13.3. The van der Waals surface area contributed by atoms with Crippen molar-refractivity contribution in [2.45, 2.75) is 0 Å². The minimum atomic E-state index is -0.253. The largest absolute Gasteiger partial charge is 0.504 e. The van der Waals surface area contributed by atoms with Crippen molar-refractivity contribution in [2.75, 3.05) is 14.2 Å². The summed E-state index contributed by atoms with van der Waals surface area (Å²) >= 11 is 0. The highest BCUT2D eigenvalue weighted by Crippen LogP contribution is 2.27. The van der Waals surface area contributed by atoms with Gasteiger partial charge in [0.15, 0.2) is 17.3 Å². The molecule has 1 aromatic heterocycles. The van der Waals surface area contributed by atoms with Gasteiger partial charge in [-0.2, -0.15) is 0 Å². The number of allylic oxidation sites excluding steroid dienone is 1. The van der Waals surface area contributed by atoms with Crippen LogP contribution in [0.3, 0.4) is 0 Å². The number of ether oxygens (including phenoxy) is 2. The number of ketones is 1. The SMILES string of the molecule is COc1ccc2cc(C(=O)C=Cc3ccc(O)c(OC)c3)oc2c1. The lowest BCUT2D eigenvalue weighted by Gasteiger charge is -2.03. The monoisotopic (exact) mass is 324 g/mol. The molecule has 2 aromatic carbocycles. The normalized spacial score (nSPS) is 11.1. The summed E-state index contributed by atoms with van der Waals surface area (Å²) in [7, 11) is 3.04. The predicted molar refractivity (Wildman–Crippen MR) is 90.8 cm³/mol. The Hall–Kier alpha value is -3.21. The van der Waals surface area contributed by atoms with Crippen LogP contribution in [0.15, 0.2) is 53.0 Å². The molecule has 0 saturated heterocycles. The first-order chi connectivity index (χ1) is 11.6. The van der Waals surface area contributed by atoms with Gasteiger partial charge in [-0.15, -0.1) is 0 Å². The average molecular weight is 324 g/mol. The maximum absolute atomic E-state index is 12.3. The third-order valence-corrected chi connectivity index (χ3v) is 3.60. The second kappa shape index (κ2) is 6.50. The van der Waals surface area contributed by atoms with Crippen LogP contribution in [0.5, 0.6) is 17.2 Å². The van der Waals surface area contributed by atoms with E-state index in [9.17, 15) is 9.90 Å². The predicted octanol–water partition coefficient (Wildman–Crippen LogP) is 4.05. The third kappa shape index (κ3) is 3.10. The number of hydrogen-bond donors (Lipinski definition) is 1. The lowest BCUT2D eigenvalue weighted by molar-refractivity contribution is 0.102. The molecule has 0 radical (unpaired) electrons. The van der Waals surface area contributed by atoms with Crippen molar-refractivity contribution in [2.24, 2.45) is 0 Å². The molecule has 0 spiro atoms. The fourth-order valence-electron chi connectivity index (χ4n) is 2.31. The summed E-state index contributed by atoms with van der Waals surface area (Å²) in [5.41, 5.74) is 1.33. The zero-order valence-corrected chi connectivity index (χ0v) is 13.3. The van der Waals surface area contributed by atoms with Gasteiger partial charge in [-0.3, -0.25) is 4.79 Å². The topological polar surface area (TPSA) is 68.9 Å². The smallest absolute Gasteiger partial charge is 0.221 e. The number of benzene rings is 2. The fraction of sp³-hybridized carbons (Fsp3) is 0.105. The van der Waals surface area contributed by atoms with Gasteiger partial charge in [-0.1, -0.05) is 12.1 Å². The van der Waals surface area contributed by atoms with Gasteiger partial charge < -0.3 is 19.0 Å². The first-order valence-corrected chi connectivity index (χ1v) is 7.27. The Balaban J connectivity index is 1.84. The minimum Gasteiger partial charge on any atom is -0.504 e. The zero-order chi connectivity index (χ0) is 17.1. The van der Waals surface area contributed by atoms with E-state index in [1.54, 1.807) is 37.5 Å². The van der Waals surface area contributed by atoms with E-state index in [1.165, 1.54) is 19.3 Å². The summed E-state index contributed by atoms with van der Waals surface area (Å²) in [5.74, 6) is 1.06. The molecular formula is C19H16O5. The van der Waals surface area contributed by atoms with Crippen LogP contribution in [0.1, 0.15) is 16.1 Å². The van der Waals surface area contributed by atoms with Crippen LogP contribution in [-0.2, 0) is 0 Å². The molecule has 0 aliphatic carbocycles. The number of aromatic hydroxyl groups is 1. The summed E-state index contributed by atoms with van der Waals surface area (Å²) in [6.07, 6.45) is 3.05. The molecule has 122 valence electrons. The van der Waals surface area contributed by atoms with E-state index in [2.05, 4.69) is 0 Å². The second-order valence-electron chi connectivity index (χ2n) is 5.14. The molecule has 0 aliphatic rings. The molecule has 0 unspecified atom stereocenters. The Bertz CT molecular complexity index is 921. The van der Waals surface area contributed by atoms with Gasteiger partial charge in [-0.25, -0.2) is 0 Å². The molecule has 0 aliphatic heterocycles. The molecule has 0 bridgehead atoms. The van der Waals surface area contributed by atoms with Gasteiger partial charge in [0.1, 0.15) is 11.3 Å². The fourth-order valence-corrected chi connectivity index (χ4v) is 2.31. The third-order valence-electron chi connectivity index (χ3n) is 3.60. The molecule has 0 amide bonds. The standard InChI is InChI=1S/C19H16O5/c1-22-14-6-5-13-10-19(24-17(13)11-14)16(21)8-4-12-3-7-15(20)18(9-12)23-2/h3-11,20H,1-2H3. The van der Waals surface area contributed by atoms with Crippen molar-refractivity contribution in [1.82, 2.24) is 0 Å². The van der Waals surface area contributed by atoms with Gasteiger partial charge in [0.05, 0.1) is 14.2 Å². The Morgan fingerprint density at radius 2 is 1.92 bits per heavy atom. The Morgan fingerprint density at radius 3 is 2.67 bits per heavy atom. The second-order valence-corrected chi connectivity index (χ2v) is 5.14. The Kier molecular flexibility index (Phi) is 4.24. The quantitative estimate of drug-likeness (QED) is 0.566. The van der Waals surface area contributed by atoms with Gasteiger partial charge in [-0.05, 0) is 42.0 Å². The Labute approximate surface area is 138 Å². The maximum Gasteiger partial charge on any atom is 0.221 e. The van der Waals surface area contributed by atoms with E-state index in [1.807, 2.05) is 12.1 Å². The molecule has 0 fully saturated rings. The molecule has 3 aromatic rings. The molecule has 1 heterocycles. The van der Waals surface area contributed by atoms with E-state index in [0.717, 1.165) is 10.9 Å². The number of phenols is 1.